The number of hydrogen-bond donors (Lipinski definition) is 2. The van der Waals surface area contributed by atoms with Crippen LogP contribution in [0.25, 0.3) is 0 Å². The van der Waals surface area contributed by atoms with E-state index in [1.54, 1.807) is 12.1 Å². The fraction of sp³-hybridized carbons (Fsp3) is 0.364. The van der Waals surface area contributed by atoms with Gasteiger partial charge >= 0.3 is 0 Å². The lowest BCUT2D eigenvalue weighted by molar-refractivity contribution is 0.0936. The zero-order valence-corrected chi connectivity index (χ0v) is 10.9. The van der Waals surface area contributed by atoms with Crippen LogP contribution in [0.2, 0.25) is 0 Å². The van der Waals surface area contributed by atoms with Crippen molar-refractivity contribution in [2.24, 2.45) is 0 Å². The van der Waals surface area contributed by atoms with E-state index in [4.69, 9.17) is 0 Å². The van der Waals surface area contributed by atoms with Crippen LogP contribution in [-0.2, 0) is 0 Å². The summed E-state index contributed by atoms with van der Waals surface area (Å²) in [6.07, 6.45) is 0.871. The van der Waals surface area contributed by atoms with Crippen LogP contribution < -0.4 is 5.32 Å². The van der Waals surface area contributed by atoms with Crippen LogP contribution in [0.5, 0.6) is 5.75 Å². The highest BCUT2D eigenvalue weighted by Crippen LogP contribution is 2.19. The lowest BCUT2D eigenvalue weighted by Gasteiger charge is -2.12. The Morgan fingerprint density at radius 3 is 2.87 bits per heavy atom. The van der Waals surface area contributed by atoms with Gasteiger partial charge in [-0.1, -0.05) is 6.92 Å². The van der Waals surface area contributed by atoms with Gasteiger partial charge in [-0.25, -0.2) is 0 Å². The van der Waals surface area contributed by atoms with E-state index in [1.165, 1.54) is 6.07 Å². The molecule has 0 aliphatic carbocycles. The van der Waals surface area contributed by atoms with Crippen LogP contribution in [0.1, 0.15) is 30.6 Å². The molecule has 1 aromatic rings. The number of rotatable bonds is 3. The second-order valence-electron chi connectivity index (χ2n) is 3.44. The number of phenolic OH excluding ortho intramolecular Hbond substituents is 1. The quantitative estimate of drug-likeness (QED) is 0.841. The fourth-order valence-electron chi connectivity index (χ4n) is 1.09. The van der Waals surface area contributed by atoms with Gasteiger partial charge in [0.1, 0.15) is 5.75 Å². The number of benzene rings is 1. The fourth-order valence-corrected chi connectivity index (χ4v) is 1.58. The van der Waals surface area contributed by atoms with Crippen molar-refractivity contribution < 1.29 is 9.90 Å². The zero-order chi connectivity index (χ0) is 11.4. The van der Waals surface area contributed by atoms with Crippen molar-refractivity contribution in [1.82, 2.24) is 5.32 Å². The van der Waals surface area contributed by atoms with Crippen molar-refractivity contribution in [3.63, 3.8) is 0 Å². The third-order valence-electron chi connectivity index (χ3n) is 2.19. The van der Waals surface area contributed by atoms with Gasteiger partial charge in [0.15, 0.2) is 0 Å². The summed E-state index contributed by atoms with van der Waals surface area (Å²) in [5, 5.41) is 12.3. The average Bonchev–Trinajstić information content (AvgIpc) is 2.21. The molecule has 15 heavy (non-hydrogen) atoms. The maximum Gasteiger partial charge on any atom is 0.255 e. The number of aromatic hydroxyl groups is 1. The van der Waals surface area contributed by atoms with Crippen LogP contribution in [0.4, 0.5) is 0 Å². The van der Waals surface area contributed by atoms with Gasteiger partial charge in [0.2, 0.25) is 0 Å². The first-order valence-electron chi connectivity index (χ1n) is 4.84. The lowest BCUT2D eigenvalue weighted by atomic mass is 10.1. The van der Waals surface area contributed by atoms with Gasteiger partial charge in [0, 0.05) is 9.61 Å². The molecule has 0 saturated heterocycles. The van der Waals surface area contributed by atoms with Crippen LogP contribution in [0.3, 0.4) is 0 Å². The second-order valence-corrected chi connectivity index (χ2v) is 4.69. The van der Waals surface area contributed by atoms with Crippen molar-refractivity contribution in [2.75, 3.05) is 0 Å². The minimum atomic E-state index is -0.222. The standard InChI is InChI=1S/C11H14INO2/c1-3-7(2)13-11(15)9-6-8(12)4-5-10(9)14/h4-7,14H,3H2,1-2H3,(H,13,15). The maximum absolute atomic E-state index is 11.7. The van der Waals surface area contributed by atoms with Crippen LogP contribution >= 0.6 is 22.6 Å². The largest absolute Gasteiger partial charge is 0.507 e. The summed E-state index contributed by atoms with van der Waals surface area (Å²) in [4.78, 5) is 11.7. The van der Waals surface area contributed by atoms with E-state index in [-0.39, 0.29) is 17.7 Å². The predicted octanol–water partition coefficient (Wildman–Crippen LogP) is 2.53. The topological polar surface area (TPSA) is 49.3 Å². The monoisotopic (exact) mass is 319 g/mol. The van der Waals surface area contributed by atoms with E-state index in [0.29, 0.717) is 5.56 Å². The molecule has 82 valence electrons. The van der Waals surface area contributed by atoms with Gasteiger partial charge in [-0.2, -0.15) is 0 Å². The summed E-state index contributed by atoms with van der Waals surface area (Å²) in [6.45, 7) is 3.93. The van der Waals surface area contributed by atoms with Gasteiger partial charge < -0.3 is 10.4 Å². The summed E-state index contributed by atoms with van der Waals surface area (Å²) in [7, 11) is 0. The molecule has 0 aliphatic heterocycles. The third kappa shape index (κ3) is 3.37. The Hall–Kier alpha value is -0.780. The van der Waals surface area contributed by atoms with Crippen molar-refractivity contribution in [1.29, 1.82) is 0 Å². The maximum atomic E-state index is 11.7. The molecule has 0 saturated carbocycles. The first-order valence-corrected chi connectivity index (χ1v) is 5.91. The van der Waals surface area contributed by atoms with E-state index >= 15 is 0 Å². The lowest BCUT2D eigenvalue weighted by Crippen LogP contribution is -2.31. The molecule has 1 amide bonds. The molecular weight excluding hydrogens is 305 g/mol. The Kier molecular flexibility index (Phi) is 4.38. The van der Waals surface area contributed by atoms with Gasteiger partial charge in [0.05, 0.1) is 5.56 Å². The Labute approximate surface area is 103 Å². The number of carbonyl (C=O) groups is 1. The van der Waals surface area contributed by atoms with E-state index < -0.39 is 0 Å². The van der Waals surface area contributed by atoms with E-state index in [2.05, 4.69) is 27.9 Å². The molecule has 2 N–H and O–H groups in total. The number of carbonyl (C=O) groups excluding carboxylic acids is 1. The van der Waals surface area contributed by atoms with Gasteiger partial charge in [-0.3, -0.25) is 4.79 Å². The zero-order valence-electron chi connectivity index (χ0n) is 8.75. The number of amides is 1. The Morgan fingerprint density at radius 2 is 2.27 bits per heavy atom. The molecule has 1 rings (SSSR count). The van der Waals surface area contributed by atoms with Crippen molar-refractivity contribution >= 4 is 28.5 Å². The Morgan fingerprint density at radius 1 is 1.60 bits per heavy atom. The third-order valence-corrected chi connectivity index (χ3v) is 2.86. The summed E-state index contributed by atoms with van der Waals surface area (Å²) in [5.41, 5.74) is 0.335. The molecule has 0 aliphatic rings. The van der Waals surface area contributed by atoms with Crippen LogP contribution in [0, 0.1) is 3.57 Å². The van der Waals surface area contributed by atoms with Crippen molar-refractivity contribution in [3.8, 4) is 5.75 Å². The molecule has 0 bridgehead atoms. The van der Waals surface area contributed by atoms with Crippen molar-refractivity contribution in [2.45, 2.75) is 26.3 Å². The molecule has 4 heteroatoms. The van der Waals surface area contributed by atoms with Gasteiger partial charge in [0.25, 0.3) is 5.91 Å². The van der Waals surface area contributed by atoms with Crippen LogP contribution in [-0.4, -0.2) is 17.1 Å². The molecule has 1 aromatic carbocycles. The normalized spacial score (nSPS) is 12.2. The minimum Gasteiger partial charge on any atom is -0.507 e. The SMILES string of the molecule is CCC(C)NC(=O)c1cc(I)ccc1O. The molecule has 0 heterocycles. The Balaban J connectivity index is 2.86. The molecule has 0 spiro atoms. The predicted molar refractivity (Wildman–Crippen MR) is 68.0 cm³/mol. The first kappa shape index (κ1) is 12.3. The van der Waals surface area contributed by atoms with Crippen LogP contribution in [0.15, 0.2) is 18.2 Å². The molecule has 1 atom stereocenters. The summed E-state index contributed by atoms with van der Waals surface area (Å²) >= 11 is 2.11. The highest BCUT2D eigenvalue weighted by Gasteiger charge is 2.12. The van der Waals surface area contributed by atoms with Gasteiger partial charge in [-0.15, -0.1) is 0 Å². The first-order chi connectivity index (χ1) is 7.04. The number of hydrogen-bond acceptors (Lipinski definition) is 2. The second kappa shape index (κ2) is 5.34. The summed E-state index contributed by atoms with van der Waals surface area (Å²) in [5.74, 6) is -0.198. The number of nitrogens with one attached hydrogen (secondary N) is 1. The summed E-state index contributed by atoms with van der Waals surface area (Å²) in [6, 6.07) is 5.09. The minimum absolute atomic E-state index is 0.0243. The molecular formula is C11H14INO2. The average molecular weight is 319 g/mol. The van der Waals surface area contributed by atoms with E-state index in [1.807, 2.05) is 13.8 Å². The number of phenols is 1. The van der Waals surface area contributed by atoms with Gasteiger partial charge in [-0.05, 0) is 54.1 Å². The highest BCUT2D eigenvalue weighted by molar-refractivity contribution is 14.1. The molecule has 0 aromatic heterocycles. The Bertz CT molecular complexity index is 366. The van der Waals surface area contributed by atoms with E-state index in [0.717, 1.165) is 9.99 Å². The molecule has 0 fully saturated rings. The smallest absolute Gasteiger partial charge is 0.255 e. The summed E-state index contributed by atoms with van der Waals surface area (Å²) < 4.78 is 0.930. The molecule has 3 nitrogen and oxygen atoms in total. The highest BCUT2D eigenvalue weighted by atomic mass is 127. The molecule has 1 unspecified atom stereocenters. The van der Waals surface area contributed by atoms with E-state index in [9.17, 15) is 9.90 Å². The van der Waals surface area contributed by atoms with Crippen molar-refractivity contribution in [3.05, 3.63) is 27.3 Å². The number of halogens is 1. The molecule has 0 radical (unpaired) electrons.